The lowest BCUT2D eigenvalue weighted by atomic mass is 10.1. The summed E-state index contributed by atoms with van der Waals surface area (Å²) in [7, 11) is 0. The molecule has 0 aliphatic heterocycles. The van der Waals surface area contributed by atoms with E-state index in [1.54, 1.807) is 6.08 Å². The van der Waals surface area contributed by atoms with E-state index >= 15 is 0 Å². The van der Waals surface area contributed by atoms with E-state index in [9.17, 15) is 0 Å². The second-order valence-corrected chi connectivity index (χ2v) is 4.48. The highest BCUT2D eigenvalue weighted by Gasteiger charge is 2.08. The number of aliphatic hydroxyl groups is 1. The average molecular weight is 316 g/mol. The van der Waals surface area contributed by atoms with Gasteiger partial charge in [-0.1, -0.05) is 25.6 Å². The fraction of sp³-hybridized carbons (Fsp3) is 0.500. The molecule has 5 heteroatoms. The minimum absolute atomic E-state index is 0. The Balaban J connectivity index is 0.00000400. The lowest BCUT2D eigenvalue weighted by Gasteiger charge is -2.16. The van der Waals surface area contributed by atoms with Gasteiger partial charge in [0.1, 0.15) is 6.61 Å². The highest BCUT2D eigenvalue weighted by molar-refractivity contribution is 5.85. The van der Waals surface area contributed by atoms with E-state index in [0.717, 1.165) is 23.5 Å². The second kappa shape index (κ2) is 11.4. The minimum atomic E-state index is 0. The Morgan fingerprint density at radius 1 is 1.29 bits per heavy atom. The van der Waals surface area contributed by atoms with Gasteiger partial charge in [0.2, 0.25) is 0 Å². The summed E-state index contributed by atoms with van der Waals surface area (Å²) in [5.41, 5.74) is 1.10. The maximum atomic E-state index is 9.17. The van der Waals surface area contributed by atoms with E-state index in [2.05, 4.69) is 11.9 Å². The van der Waals surface area contributed by atoms with Crippen molar-refractivity contribution in [2.75, 3.05) is 19.8 Å². The van der Waals surface area contributed by atoms with Crippen LogP contribution in [0.25, 0.3) is 0 Å². The van der Waals surface area contributed by atoms with Gasteiger partial charge in [0.15, 0.2) is 11.5 Å². The molecule has 0 saturated carbocycles. The first-order chi connectivity index (χ1) is 9.74. The molecule has 0 heterocycles. The van der Waals surface area contributed by atoms with Gasteiger partial charge in [0, 0.05) is 12.6 Å². The summed E-state index contributed by atoms with van der Waals surface area (Å²) >= 11 is 0. The van der Waals surface area contributed by atoms with Crippen molar-refractivity contribution in [1.82, 2.24) is 5.32 Å². The summed E-state index contributed by atoms with van der Waals surface area (Å²) in [6.07, 6.45) is 2.60. The van der Waals surface area contributed by atoms with Crippen LogP contribution in [-0.4, -0.2) is 31.0 Å². The van der Waals surface area contributed by atoms with Crippen LogP contribution in [-0.2, 0) is 6.54 Å². The number of rotatable bonds is 10. The molecule has 0 radical (unpaired) electrons. The van der Waals surface area contributed by atoms with Crippen molar-refractivity contribution < 1.29 is 14.6 Å². The average Bonchev–Trinajstić information content (AvgIpc) is 2.48. The predicted molar refractivity (Wildman–Crippen MR) is 88.6 cm³/mol. The van der Waals surface area contributed by atoms with Crippen LogP contribution in [0.15, 0.2) is 30.9 Å². The van der Waals surface area contributed by atoms with E-state index in [-0.39, 0.29) is 25.1 Å². The number of nitrogens with one attached hydrogen (secondary N) is 1. The smallest absolute Gasteiger partial charge is 0.161 e. The number of aliphatic hydroxyl groups excluding tert-OH is 1. The van der Waals surface area contributed by atoms with Crippen LogP contribution in [0.5, 0.6) is 11.5 Å². The monoisotopic (exact) mass is 315 g/mol. The lowest BCUT2D eigenvalue weighted by Crippen LogP contribution is -2.31. The quantitative estimate of drug-likeness (QED) is 0.652. The van der Waals surface area contributed by atoms with Gasteiger partial charge in [-0.25, -0.2) is 0 Å². The number of hydrogen-bond donors (Lipinski definition) is 2. The molecule has 2 N–H and O–H groups in total. The Morgan fingerprint density at radius 2 is 2.05 bits per heavy atom. The number of ether oxygens (including phenoxy) is 2. The molecule has 0 saturated heterocycles. The summed E-state index contributed by atoms with van der Waals surface area (Å²) in [4.78, 5) is 0. The van der Waals surface area contributed by atoms with Crippen LogP contribution in [0.3, 0.4) is 0 Å². The van der Waals surface area contributed by atoms with Crippen molar-refractivity contribution in [3.05, 3.63) is 36.4 Å². The zero-order chi connectivity index (χ0) is 14.8. The zero-order valence-corrected chi connectivity index (χ0v) is 13.6. The van der Waals surface area contributed by atoms with Crippen molar-refractivity contribution >= 4 is 12.4 Å². The van der Waals surface area contributed by atoms with E-state index in [4.69, 9.17) is 14.6 Å². The van der Waals surface area contributed by atoms with Crippen LogP contribution >= 0.6 is 12.4 Å². The largest absolute Gasteiger partial charge is 0.490 e. The normalized spacial score (nSPS) is 11.4. The first-order valence-corrected chi connectivity index (χ1v) is 7.08. The Hall–Kier alpha value is -1.23. The Morgan fingerprint density at radius 3 is 2.62 bits per heavy atom. The van der Waals surface area contributed by atoms with E-state index in [0.29, 0.717) is 19.8 Å². The summed E-state index contributed by atoms with van der Waals surface area (Å²) < 4.78 is 11.2. The lowest BCUT2D eigenvalue weighted by molar-refractivity contribution is 0.238. The van der Waals surface area contributed by atoms with Gasteiger partial charge >= 0.3 is 0 Å². The van der Waals surface area contributed by atoms with Gasteiger partial charge in [-0.3, -0.25) is 0 Å². The summed E-state index contributed by atoms with van der Waals surface area (Å²) in [5, 5.41) is 12.5. The fourth-order valence-corrected chi connectivity index (χ4v) is 1.80. The van der Waals surface area contributed by atoms with Gasteiger partial charge < -0.3 is 19.9 Å². The molecule has 120 valence electrons. The first kappa shape index (κ1) is 19.8. The molecule has 0 fully saturated rings. The molecule has 1 aromatic rings. The number of hydrogen-bond acceptors (Lipinski definition) is 4. The van der Waals surface area contributed by atoms with E-state index in [1.165, 1.54) is 0 Å². The molecule has 1 unspecified atom stereocenters. The maximum absolute atomic E-state index is 9.17. The third-order valence-electron chi connectivity index (χ3n) is 2.97. The van der Waals surface area contributed by atoms with Crippen LogP contribution in [0.1, 0.15) is 25.8 Å². The summed E-state index contributed by atoms with van der Waals surface area (Å²) in [6.45, 7) is 9.52. The number of benzene rings is 1. The van der Waals surface area contributed by atoms with Gasteiger partial charge in [-0.05, 0) is 31.0 Å². The van der Waals surface area contributed by atoms with Gasteiger partial charge in [0.25, 0.3) is 0 Å². The van der Waals surface area contributed by atoms with Crippen molar-refractivity contribution in [3.63, 3.8) is 0 Å². The molecule has 0 bridgehead atoms. The molecule has 1 rings (SSSR count). The second-order valence-electron chi connectivity index (χ2n) is 4.48. The molecule has 0 aliphatic carbocycles. The third-order valence-corrected chi connectivity index (χ3v) is 2.97. The van der Waals surface area contributed by atoms with Gasteiger partial charge in [-0.2, -0.15) is 0 Å². The molecule has 0 aliphatic rings. The molecule has 0 aromatic heterocycles. The fourth-order valence-electron chi connectivity index (χ4n) is 1.80. The van der Waals surface area contributed by atoms with Crippen LogP contribution in [0, 0.1) is 0 Å². The standard InChI is InChI=1S/C16H25NO3.ClH/c1-4-9-20-15-8-7-13(10-16(15)19-6-3)11-17-14(5-2)12-18;/h4,7-8,10,14,17-18H,1,5-6,9,11-12H2,2-3H3;1H. The third kappa shape index (κ3) is 6.85. The zero-order valence-electron chi connectivity index (χ0n) is 12.8. The Bertz CT molecular complexity index is 409. The van der Waals surface area contributed by atoms with Crippen molar-refractivity contribution in [1.29, 1.82) is 0 Å². The molecular formula is C16H26ClNO3. The first-order valence-electron chi connectivity index (χ1n) is 7.08. The van der Waals surface area contributed by atoms with Crippen molar-refractivity contribution in [2.45, 2.75) is 32.9 Å². The summed E-state index contributed by atoms with van der Waals surface area (Å²) in [5.74, 6) is 1.47. The molecule has 0 spiro atoms. The van der Waals surface area contributed by atoms with Gasteiger partial charge in [0.05, 0.1) is 13.2 Å². The SMILES string of the molecule is C=CCOc1ccc(CNC(CC)CO)cc1OCC.Cl. The molecule has 4 nitrogen and oxygen atoms in total. The molecule has 0 amide bonds. The Labute approximate surface area is 133 Å². The van der Waals surface area contributed by atoms with Crippen molar-refractivity contribution in [3.8, 4) is 11.5 Å². The number of halogens is 1. The maximum Gasteiger partial charge on any atom is 0.161 e. The topological polar surface area (TPSA) is 50.7 Å². The predicted octanol–water partition coefficient (Wildman–Crippen LogP) is 2.93. The van der Waals surface area contributed by atoms with Crippen LogP contribution in [0.4, 0.5) is 0 Å². The molecule has 21 heavy (non-hydrogen) atoms. The Kier molecular flexibility index (Phi) is 10.8. The van der Waals surface area contributed by atoms with E-state index < -0.39 is 0 Å². The van der Waals surface area contributed by atoms with Gasteiger partial charge in [-0.15, -0.1) is 12.4 Å². The summed E-state index contributed by atoms with van der Waals surface area (Å²) in [6, 6.07) is 6.00. The van der Waals surface area contributed by atoms with Crippen LogP contribution < -0.4 is 14.8 Å². The highest BCUT2D eigenvalue weighted by atomic mass is 35.5. The van der Waals surface area contributed by atoms with E-state index in [1.807, 2.05) is 32.0 Å². The highest BCUT2D eigenvalue weighted by Crippen LogP contribution is 2.28. The van der Waals surface area contributed by atoms with Crippen molar-refractivity contribution in [2.24, 2.45) is 0 Å². The molecule has 1 aromatic carbocycles. The molecular weight excluding hydrogens is 290 g/mol. The van der Waals surface area contributed by atoms with Crippen LogP contribution in [0.2, 0.25) is 0 Å². The molecule has 1 atom stereocenters. The minimum Gasteiger partial charge on any atom is -0.490 e.